The van der Waals surface area contributed by atoms with Crippen molar-refractivity contribution in [2.24, 2.45) is 0 Å². The second-order valence-corrected chi connectivity index (χ2v) is 6.15. The van der Waals surface area contributed by atoms with Gasteiger partial charge in [-0.1, -0.05) is 72.8 Å². The van der Waals surface area contributed by atoms with Gasteiger partial charge in [0.2, 0.25) is 5.78 Å². The quantitative estimate of drug-likeness (QED) is 0.367. The molecule has 0 bridgehead atoms. The van der Waals surface area contributed by atoms with E-state index in [9.17, 15) is 14.4 Å². The summed E-state index contributed by atoms with van der Waals surface area (Å²) in [5, 5.41) is 2.95. The van der Waals surface area contributed by atoms with E-state index in [1.54, 1.807) is 84.9 Å². The van der Waals surface area contributed by atoms with Crippen molar-refractivity contribution in [3.63, 3.8) is 0 Å². The molecule has 0 aliphatic carbocycles. The number of carbonyl (C=O) groups excluding carboxylic acids is 3. The highest BCUT2D eigenvalue weighted by Gasteiger charge is 2.18. The van der Waals surface area contributed by atoms with Gasteiger partial charge in [0.25, 0.3) is 0 Å². The van der Waals surface area contributed by atoms with E-state index in [0.29, 0.717) is 16.8 Å². The number of allylic oxidation sites excluding steroid dienone is 2. The van der Waals surface area contributed by atoms with Gasteiger partial charge in [-0.05, 0) is 12.1 Å². The molecule has 0 spiro atoms. The van der Waals surface area contributed by atoms with Gasteiger partial charge >= 0.3 is 5.97 Å². The molecule has 5 nitrogen and oxygen atoms in total. The summed E-state index contributed by atoms with van der Waals surface area (Å²) in [6, 6.07) is 23.9. The number of rotatable bonds is 7. The van der Waals surface area contributed by atoms with E-state index in [1.165, 1.54) is 13.2 Å². The maximum absolute atomic E-state index is 13.1. The third kappa shape index (κ3) is 4.84. The van der Waals surface area contributed by atoms with Crippen molar-refractivity contribution in [2.75, 3.05) is 12.4 Å². The molecule has 0 radical (unpaired) electrons. The van der Waals surface area contributed by atoms with Gasteiger partial charge in [-0.15, -0.1) is 0 Å². The summed E-state index contributed by atoms with van der Waals surface area (Å²) in [5.74, 6) is -1.24. The summed E-state index contributed by atoms with van der Waals surface area (Å²) < 4.78 is 4.80. The Bertz CT molecular complexity index is 1060. The van der Waals surface area contributed by atoms with Crippen LogP contribution in [0, 0.1) is 0 Å². The van der Waals surface area contributed by atoms with Crippen LogP contribution in [0.25, 0.3) is 0 Å². The van der Waals surface area contributed by atoms with Crippen molar-refractivity contribution < 1.29 is 19.1 Å². The molecule has 0 unspecified atom stereocenters. The first-order valence-corrected chi connectivity index (χ1v) is 8.95. The second kappa shape index (κ2) is 9.28. The van der Waals surface area contributed by atoms with Gasteiger partial charge in [0.15, 0.2) is 5.78 Å². The van der Waals surface area contributed by atoms with Gasteiger partial charge in [0.05, 0.1) is 24.1 Å². The minimum Gasteiger partial charge on any atom is -0.465 e. The molecule has 0 fully saturated rings. The average molecular weight is 385 g/mol. The first kappa shape index (κ1) is 19.8. The highest BCUT2D eigenvalue weighted by molar-refractivity contribution is 6.16. The molecule has 0 aliphatic rings. The Kier molecular flexibility index (Phi) is 6.32. The Labute approximate surface area is 168 Å². The first-order valence-electron chi connectivity index (χ1n) is 8.95. The van der Waals surface area contributed by atoms with Crippen LogP contribution in [0.4, 0.5) is 5.69 Å². The number of hydrogen-bond donors (Lipinski definition) is 1. The Hall–Kier alpha value is -3.99. The number of esters is 1. The Balaban J connectivity index is 2.02. The number of benzene rings is 3. The minimum absolute atomic E-state index is 0.0569. The Morgan fingerprint density at radius 3 is 1.93 bits per heavy atom. The van der Waals surface area contributed by atoms with Crippen LogP contribution in [0.15, 0.2) is 96.7 Å². The zero-order valence-electron chi connectivity index (χ0n) is 15.8. The third-order valence-electron chi connectivity index (χ3n) is 4.22. The molecule has 3 rings (SSSR count). The van der Waals surface area contributed by atoms with Crippen molar-refractivity contribution in [2.45, 2.75) is 0 Å². The largest absolute Gasteiger partial charge is 0.465 e. The molecule has 0 amide bonds. The van der Waals surface area contributed by atoms with Gasteiger partial charge in [-0.3, -0.25) is 9.59 Å². The Morgan fingerprint density at radius 1 is 0.759 bits per heavy atom. The smallest absolute Gasteiger partial charge is 0.339 e. The van der Waals surface area contributed by atoms with E-state index in [0.717, 1.165) is 0 Å². The van der Waals surface area contributed by atoms with Crippen molar-refractivity contribution in [1.82, 2.24) is 0 Å². The molecule has 144 valence electrons. The number of anilines is 1. The van der Waals surface area contributed by atoms with E-state index in [4.69, 9.17) is 4.74 Å². The first-order chi connectivity index (χ1) is 14.1. The SMILES string of the molecule is COC(=O)c1ccccc1N/C(=C\C(=O)c1ccccc1)C(=O)c1ccccc1. The number of ether oxygens (including phenoxy) is 1. The zero-order valence-corrected chi connectivity index (χ0v) is 15.8. The van der Waals surface area contributed by atoms with E-state index in [2.05, 4.69) is 5.32 Å². The molecule has 0 saturated heterocycles. The molecule has 29 heavy (non-hydrogen) atoms. The molecular weight excluding hydrogens is 366 g/mol. The zero-order chi connectivity index (χ0) is 20.6. The molecule has 0 aromatic heterocycles. The fourth-order valence-corrected chi connectivity index (χ4v) is 2.75. The molecule has 0 atom stereocenters. The predicted octanol–water partition coefficient (Wildman–Crippen LogP) is 4.53. The van der Waals surface area contributed by atoms with Crippen LogP contribution in [0.3, 0.4) is 0 Å². The summed E-state index contributed by atoms with van der Waals surface area (Å²) in [6.45, 7) is 0. The minimum atomic E-state index is -0.547. The van der Waals surface area contributed by atoms with Gasteiger partial charge < -0.3 is 10.1 Å². The average Bonchev–Trinajstić information content (AvgIpc) is 2.79. The van der Waals surface area contributed by atoms with Gasteiger partial charge in [0.1, 0.15) is 0 Å². The van der Waals surface area contributed by atoms with Crippen LogP contribution in [-0.2, 0) is 4.74 Å². The third-order valence-corrected chi connectivity index (χ3v) is 4.22. The number of hydrogen-bond acceptors (Lipinski definition) is 5. The highest BCUT2D eigenvalue weighted by Crippen LogP contribution is 2.20. The summed E-state index contributed by atoms with van der Waals surface area (Å²) in [7, 11) is 1.28. The number of para-hydroxylation sites is 1. The Morgan fingerprint density at radius 2 is 1.31 bits per heavy atom. The fourth-order valence-electron chi connectivity index (χ4n) is 2.75. The molecule has 5 heteroatoms. The van der Waals surface area contributed by atoms with Crippen molar-refractivity contribution in [3.8, 4) is 0 Å². The number of carbonyl (C=O) groups is 3. The number of methoxy groups -OCH3 is 1. The number of Topliss-reactive ketones (excluding diaryl/α,β-unsaturated/α-hetero) is 1. The summed E-state index contributed by atoms with van der Waals surface area (Å²) in [6.07, 6.45) is 1.25. The molecule has 3 aromatic rings. The number of nitrogens with one attached hydrogen (secondary N) is 1. The molecule has 0 aliphatic heterocycles. The topological polar surface area (TPSA) is 72.5 Å². The van der Waals surface area contributed by atoms with E-state index >= 15 is 0 Å². The normalized spacial score (nSPS) is 10.9. The summed E-state index contributed by atoms with van der Waals surface area (Å²) >= 11 is 0. The maximum Gasteiger partial charge on any atom is 0.339 e. The van der Waals surface area contributed by atoms with Crippen molar-refractivity contribution in [1.29, 1.82) is 0 Å². The van der Waals surface area contributed by atoms with Crippen LogP contribution < -0.4 is 5.32 Å². The van der Waals surface area contributed by atoms with Crippen molar-refractivity contribution in [3.05, 3.63) is 113 Å². The summed E-state index contributed by atoms with van der Waals surface area (Å²) in [4.78, 5) is 37.8. The van der Waals surface area contributed by atoms with Gasteiger partial charge in [-0.2, -0.15) is 0 Å². The van der Waals surface area contributed by atoms with E-state index in [-0.39, 0.29) is 22.8 Å². The fraction of sp³-hybridized carbons (Fsp3) is 0.0417. The van der Waals surface area contributed by atoms with Crippen LogP contribution in [0.1, 0.15) is 31.1 Å². The monoisotopic (exact) mass is 385 g/mol. The van der Waals surface area contributed by atoms with Crippen LogP contribution in [-0.4, -0.2) is 24.6 Å². The molecular formula is C24H19NO4. The van der Waals surface area contributed by atoms with E-state index in [1.807, 2.05) is 0 Å². The lowest BCUT2D eigenvalue weighted by Crippen LogP contribution is -2.16. The van der Waals surface area contributed by atoms with Crippen molar-refractivity contribution >= 4 is 23.2 Å². The van der Waals surface area contributed by atoms with Gasteiger partial charge in [-0.25, -0.2) is 4.79 Å². The molecule has 3 aromatic carbocycles. The predicted molar refractivity (Wildman–Crippen MR) is 111 cm³/mol. The van der Waals surface area contributed by atoms with Crippen LogP contribution in [0.5, 0.6) is 0 Å². The second-order valence-electron chi connectivity index (χ2n) is 6.15. The highest BCUT2D eigenvalue weighted by atomic mass is 16.5. The number of ketones is 2. The van der Waals surface area contributed by atoms with Crippen LogP contribution in [0.2, 0.25) is 0 Å². The van der Waals surface area contributed by atoms with Gasteiger partial charge in [0, 0.05) is 17.2 Å². The van der Waals surface area contributed by atoms with Crippen LogP contribution >= 0.6 is 0 Å². The lowest BCUT2D eigenvalue weighted by molar-refractivity contribution is 0.0601. The lowest BCUT2D eigenvalue weighted by Gasteiger charge is -2.13. The molecule has 1 N–H and O–H groups in total. The van der Waals surface area contributed by atoms with E-state index < -0.39 is 5.97 Å². The molecule has 0 saturated carbocycles. The molecule has 0 heterocycles. The summed E-state index contributed by atoms with van der Waals surface area (Å²) in [5.41, 5.74) is 1.56. The maximum atomic E-state index is 13.1. The lowest BCUT2D eigenvalue weighted by atomic mass is 10.0. The standard InChI is InChI=1S/C24H19NO4/c1-29-24(28)19-14-8-9-15-20(19)25-21(23(27)18-12-6-3-7-13-18)16-22(26)17-10-4-2-5-11-17/h2-16,25H,1H3/b21-16-.